The third kappa shape index (κ3) is 4.67. The number of rotatable bonds is 6. The molecular formula is C25H22N4O3. The van der Waals surface area contributed by atoms with Gasteiger partial charge in [0.05, 0.1) is 29.0 Å². The molecule has 2 amide bonds. The molecule has 4 aromatic rings. The van der Waals surface area contributed by atoms with Crippen molar-refractivity contribution in [2.45, 2.75) is 13.8 Å². The maximum absolute atomic E-state index is 12.8. The van der Waals surface area contributed by atoms with Gasteiger partial charge in [-0.05, 0) is 68.5 Å². The number of aromatic nitrogens is 2. The van der Waals surface area contributed by atoms with Crippen molar-refractivity contribution < 1.29 is 14.0 Å². The van der Waals surface area contributed by atoms with Gasteiger partial charge in [0.25, 0.3) is 5.91 Å². The Bertz CT molecular complexity index is 1250. The van der Waals surface area contributed by atoms with Gasteiger partial charge in [0.1, 0.15) is 5.76 Å². The number of nitrogens with zero attached hydrogens (tertiary/aromatic N) is 2. The van der Waals surface area contributed by atoms with Crippen LogP contribution in [0.5, 0.6) is 0 Å². The Kier molecular flexibility index (Phi) is 5.98. The second kappa shape index (κ2) is 9.18. The molecule has 0 spiro atoms. The van der Waals surface area contributed by atoms with E-state index in [2.05, 4.69) is 15.7 Å². The Morgan fingerprint density at radius 1 is 0.938 bits per heavy atom. The number of furan rings is 1. The van der Waals surface area contributed by atoms with Gasteiger partial charge in [-0.1, -0.05) is 18.2 Å². The highest BCUT2D eigenvalue weighted by molar-refractivity contribution is 6.06. The Morgan fingerprint density at radius 3 is 2.38 bits per heavy atom. The lowest BCUT2D eigenvalue weighted by atomic mass is 10.2. The van der Waals surface area contributed by atoms with Crippen LogP contribution in [0.25, 0.3) is 11.8 Å². The van der Waals surface area contributed by atoms with Crippen molar-refractivity contribution >= 4 is 29.3 Å². The summed E-state index contributed by atoms with van der Waals surface area (Å²) in [5.74, 6) is 0.0472. The molecule has 0 fully saturated rings. The summed E-state index contributed by atoms with van der Waals surface area (Å²) in [6, 6.07) is 19.9. The first-order chi connectivity index (χ1) is 15.5. The average Bonchev–Trinajstić information content (AvgIpc) is 3.42. The zero-order valence-electron chi connectivity index (χ0n) is 17.7. The number of anilines is 2. The number of hydrogen-bond acceptors (Lipinski definition) is 4. The van der Waals surface area contributed by atoms with Crippen LogP contribution in [-0.2, 0) is 4.79 Å². The van der Waals surface area contributed by atoms with E-state index in [9.17, 15) is 9.59 Å². The molecule has 32 heavy (non-hydrogen) atoms. The second-order valence-corrected chi connectivity index (χ2v) is 7.16. The SMILES string of the molecule is Cc1nn(-c2ccccc2)c(C)c1NC(=O)c1ccc(NC(=O)/C=C/c2ccco2)cc1. The summed E-state index contributed by atoms with van der Waals surface area (Å²) in [7, 11) is 0. The molecule has 7 nitrogen and oxygen atoms in total. The lowest BCUT2D eigenvalue weighted by Gasteiger charge is -2.08. The molecule has 0 aliphatic carbocycles. The number of amides is 2. The van der Waals surface area contributed by atoms with Gasteiger partial charge in [-0.3, -0.25) is 9.59 Å². The fourth-order valence-electron chi connectivity index (χ4n) is 3.26. The normalized spacial score (nSPS) is 10.9. The van der Waals surface area contributed by atoms with Crippen LogP contribution >= 0.6 is 0 Å². The molecule has 4 rings (SSSR count). The fourth-order valence-corrected chi connectivity index (χ4v) is 3.26. The van der Waals surface area contributed by atoms with Crippen LogP contribution in [0.2, 0.25) is 0 Å². The van der Waals surface area contributed by atoms with Crippen molar-refractivity contribution in [1.29, 1.82) is 0 Å². The first-order valence-electron chi connectivity index (χ1n) is 10.1. The van der Waals surface area contributed by atoms with Crippen LogP contribution in [0.3, 0.4) is 0 Å². The molecule has 0 aliphatic rings. The summed E-state index contributed by atoms with van der Waals surface area (Å²) in [4.78, 5) is 24.8. The molecule has 0 saturated heterocycles. The largest absolute Gasteiger partial charge is 0.465 e. The Hall–Kier alpha value is -4.39. The van der Waals surface area contributed by atoms with Crippen LogP contribution in [-0.4, -0.2) is 21.6 Å². The lowest BCUT2D eigenvalue weighted by molar-refractivity contribution is -0.111. The number of benzene rings is 2. The molecule has 0 saturated carbocycles. The van der Waals surface area contributed by atoms with Gasteiger partial charge < -0.3 is 15.1 Å². The standard InChI is InChI=1S/C25H22N4O3/c1-17-24(18(2)29(28-17)21-7-4-3-5-8-21)27-25(31)19-10-12-20(13-11-19)26-23(30)15-14-22-9-6-16-32-22/h3-16H,1-2H3,(H,26,30)(H,27,31)/b15-14+. The molecule has 2 N–H and O–H groups in total. The second-order valence-electron chi connectivity index (χ2n) is 7.16. The molecule has 160 valence electrons. The van der Waals surface area contributed by atoms with Crippen molar-refractivity contribution in [3.8, 4) is 5.69 Å². The Labute approximate surface area is 185 Å². The van der Waals surface area contributed by atoms with E-state index in [1.54, 1.807) is 47.2 Å². The van der Waals surface area contributed by atoms with Crippen molar-refractivity contribution in [3.63, 3.8) is 0 Å². The molecule has 0 atom stereocenters. The minimum absolute atomic E-state index is 0.251. The molecule has 2 heterocycles. The number of nitrogens with one attached hydrogen (secondary N) is 2. The van der Waals surface area contributed by atoms with E-state index in [0.717, 1.165) is 17.1 Å². The van der Waals surface area contributed by atoms with E-state index < -0.39 is 0 Å². The van der Waals surface area contributed by atoms with E-state index in [-0.39, 0.29) is 11.8 Å². The summed E-state index contributed by atoms with van der Waals surface area (Å²) in [5, 5.41) is 10.2. The third-order valence-corrected chi connectivity index (χ3v) is 4.89. The van der Waals surface area contributed by atoms with Crippen molar-refractivity contribution in [2.75, 3.05) is 10.6 Å². The highest BCUT2D eigenvalue weighted by Crippen LogP contribution is 2.23. The number of para-hydroxylation sites is 1. The topological polar surface area (TPSA) is 89.2 Å². The lowest BCUT2D eigenvalue weighted by Crippen LogP contribution is -2.13. The molecule has 7 heteroatoms. The van der Waals surface area contributed by atoms with Crippen LogP contribution in [0.1, 0.15) is 27.5 Å². The first kappa shape index (κ1) is 20.9. The van der Waals surface area contributed by atoms with Gasteiger partial charge in [0.15, 0.2) is 0 Å². The van der Waals surface area contributed by atoms with E-state index >= 15 is 0 Å². The van der Waals surface area contributed by atoms with Crippen LogP contribution < -0.4 is 10.6 Å². The maximum Gasteiger partial charge on any atom is 0.255 e. The monoisotopic (exact) mass is 426 g/mol. The van der Waals surface area contributed by atoms with Crippen LogP contribution in [0.15, 0.2) is 83.5 Å². The highest BCUT2D eigenvalue weighted by Gasteiger charge is 2.16. The van der Waals surface area contributed by atoms with Crippen LogP contribution in [0, 0.1) is 13.8 Å². The number of aryl methyl sites for hydroxylation is 1. The van der Waals surface area contributed by atoms with Gasteiger partial charge in [0, 0.05) is 17.3 Å². The molecular weight excluding hydrogens is 404 g/mol. The molecule has 0 unspecified atom stereocenters. The maximum atomic E-state index is 12.8. The predicted octanol–water partition coefficient (Wildman–Crippen LogP) is 4.99. The zero-order chi connectivity index (χ0) is 22.5. The zero-order valence-corrected chi connectivity index (χ0v) is 17.7. The molecule has 0 bridgehead atoms. The summed E-state index contributed by atoms with van der Waals surface area (Å²) < 4.78 is 6.96. The Balaban J connectivity index is 1.42. The summed E-state index contributed by atoms with van der Waals surface area (Å²) in [5.41, 5.74) is 4.23. The molecule has 2 aromatic heterocycles. The number of hydrogen-bond donors (Lipinski definition) is 2. The molecule has 2 aromatic carbocycles. The Morgan fingerprint density at radius 2 is 1.69 bits per heavy atom. The van der Waals surface area contributed by atoms with Crippen molar-refractivity contribution in [2.24, 2.45) is 0 Å². The van der Waals surface area contributed by atoms with Crippen LogP contribution in [0.4, 0.5) is 11.4 Å². The minimum atomic E-state index is -0.293. The predicted molar refractivity (Wildman–Crippen MR) is 124 cm³/mol. The van der Waals surface area contributed by atoms with E-state index in [1.165, 1.54) is 12.3 Å². The first-order valence-corrected chi connectivity index (χ1v) is 10.1. The van der Waals surface area contributed by atoms with Crippen molar-refractivity contribution in [3.05, 3.63) is 102 Å². The van der Waals surface area contributed by atoms with Gasteiger partial charge in [0.2, 0.25) is 5.91 Å². The van der Waals surface area contributed by atoms with E-state index in [4.69, 9.17) is 4.42 Å². The smallest absolute Gasteiger partial charge is 0.255 e. The highest BCUT2D eigenvalue weighted by atomic mass is 16.3. The van der Waals surface area contributed by atoms with E-state index in [1.807, 2.05) is 44.2 Å². The summed E-state index contributed by atoms with van der Waals surface area (Å²) >= 11 is 0. The molecule has 0 radical (unpaired) electrons. The van der Waals surface area contributed by atoms with Gasteiger partial charge in [-0.2, -0.15) is 5.10 Å². The van der Waals surface area contributed by atoms with Crippen molar-refractivity contribution in [1.82, 2.24) is 9.78 Å². The number of carbonyl (C=O) groups is 2. The summed E-state index contributed by atoms with van der Waals surface area (Å²) in [6.07, 6.45) is 4.50. The minimum Gasteiger partial charge on any atom is -0.465 e. The average molecular weight is 426 g/mol. The molecule has 0 aliphatic heterocycles. The van der Waals surface area contributed by atoms with E-state index in [0.29, 0.717) is 22.7 Å². The number of carbonyl (C=O) groups excluding carboxylic acids is 2. The van der Waals surface area contributed by atoms with Gasteiger partial charge in [-0.25, -0.2) is 4.68 Å². The summed E-state index contributed by atoms with van der Waals surface area (Å²) in [6.45, 7) is 3.77. The van der Waals surface area contributed by atoms with Gasteiger partial charge in [-0.15, -0.1) is 0 Å². The third-order valence-electron chi connectivity index (χ3n) is 4.89. The fraction of sp³-hybridized carbons (Fsp3) is 0.0800. The van der Waals surface area contributed by atoms with Gasteiger partial charge >= 0.3 is 0 Å². The quantitative estimate of drug-likeness (QED) is 0.425.